The number of nitrogens with zero attached hydrogens (tertiary/aromatic N) is 4. The van der Waals surface area contributed by atoms with E-state index in [1.807, 2.05) is 85.3 Å². The summed E-state index contributed by atoms with van der Waals surface area (Å²) in [4.78, 5) is 30.0. The lowest BCUT2D eigenvalue weighted by molar-refractivity contribution is -0.115. The lowest BCUT2D eigenvalue weighted by atomic mass is 10.2. The molecule has 0 unspecified atom stereocenters. The minimum atomic E-state index is -0.370. The maximum absolute atomic E-state index is 13.5. The molecule has 2 amide bonds. The molecule has 4 aromatic rings. The molecule has 1 N–H and O–H groups in total. The highest BCUT2D eigenvalue weighted by Crippen LogP contribution is 2.48. The Balaban J connectivity index is 1.30. The Morgan fingerprint density at radius 3 is 2.25 bits per heavy atom. The van der Waals surface area contributed by atoms with Gasteiger partial charge < -0.3 is 9.88 Å². The molecule has 182 valence electrons. The lowest BCUT2D eigenvalue weighted by Gasteiger charge is -2.30. The number of thioether (sulfide) groups is 1. The zero-order valence-electron chi connectivity index (χ0n) is 19.5. The van der Waals surface area contributed by atoms with E-state index in [2.05, 4.69) is 31.4 Å². The first-order valence-electron chi connectivity index (χ1n) is 11.2. The number of carbonyl (C=O) groups excluding carboxylic acids is 2. The number of fused-ring (bicyclic) bond motifs is 2. The van der Waals surface area contributed by atoms with E-state index in [-0.39, 0.29) is 23.6 Å². The van der Waals surface area contributed by atoms with Crippen molar-refractivity contribution in [2.45, 2.75) is 27.9 Å². The summed E-state index contributed by atoms with van der Waals surface area (Å²) >= 11 is 6.41. The largest absolute Gasteiger partial charge is 0.342 e. The normalized spacial score (nSPS) is 13.0. The van der Waals surface area contributed by atoms with Gasteiger partial charge in [-0.05, 0) is 59.3 Å². The second-order valence-corrected chi connectivity index (χ2v) is 11.0. The molecule has 0 bridgehead atoms. The summed E-state index contributed by atoms with van der Waals surface area (Å²) in [5, 5.41) is 12.1. The van der Waals surface area contributed by atoms with Crippen molar-refractivity contribution in [2.24, 2.45) is 7.05 Å². The Morgan fingerprint density at radius 2 is 1.58 bits per heavy atom. The van der Waals surface area contributed by atoms with Crippen LogP contribution < -0.4 is 10.2 Å². The Labute approximate surface area is 225 Å². The number of carbonyl (C=O) groups is 2. The summed E-state index contributed by atoms with van der Waals surface area (Å²) in [6.45, 7) is 1.86. The highest BCUT2D eigenvalue weighted by Gasteiger charge is 2.28. The number of aromatic nitrogens is 3. The summed E-state index contributed by atoms with van der Waals surface area (Å²) in [6, 6.07) is 22.7. The number of hydrogen-bond donors (Lipinski definition) is 1. The van der Waals surface area contributed by atoms with E-state index < -0.39 is 0 Å². The molecule has 1 aromatic heterocycles. The van der Waals surface area contributed by atoms with Crippen molar-refractivity contribution >= 4 is 62.6 Å². The van der Waals surface area contributed by atoms with Crippen molar-refractivity contribution in [1.29, 1.82) is 0 Å². The van der Waals surface area contributed by atoms with Gasteiger partial charge in [0.25, 0.3) is 5.91 Å². The predicted molar refractivity (Wildman–Crippen MR) is 146 cm³/mol. The fourth-order valence-corrected chi connectivity index (χ4v) is 6.27. The number of para-hydroxylation sites is 2. The predicted octanol–water partition coefficient (Wildman–Crippen LogP) is 5.99. The fraction of sp³-hybridized carbons (Fsp3) is 0.154. The van der Waals surface area contributed by atoms with Crippen LogP contribution >= 0.6 is 39.5 Å². The number of rotatable bonds is 6. The van der Waals surface area contributed by atoms with Gasteiger partial charge in [-0.25, -0.2) is 0 Å². The van der Waals surface area contributed by atoms with Gasteiger partial charge in [0.15, 0.2) is 11.0 Å². The molecular formula is C26H22BrN5O2S2. The third-order valence-electron chi connectivity index (χ3n) is 5.73. The minimum absolute atomic E-state index is 0.0416. The molecule has 2 heterocycles. The van der Waals surface area contributed by atoms with Crippen molar-refractivity contribution in [3.63, 3.8) is 0 Å². The van der Waals surface area contributed by atoms with Crippen LogP contribution in [0.1, 0.15) is 29.1 Å². The van der Waals surface area contributed by atoms with Gasteiger partial charge in [-0.2, -0.15) is 0 Å². The molecule has 1 aliphatic heterocycles. The van der Waals surface area contributed by atoms with Gasteiger partial charge in [0.1, 0.15) is 0 Å². The van der Waals surface area contributed by atoms with Crippen LogP contribution in [0, 0.1) is 0 Å². The Kier molecular flexibility index (Phi) is 7.17. The van der Waals surface area contributed by atoms with Gasteiger partial charge in [-0.1, -0.05) is 59.9 Å². The van der Waals surface area contributed by atoms with Crippen molar-refractivity contribution in [1.82, 2.24) is 20.1 Å². The SMILES string of the molecule is C[C@H](NC(=O)c1ccccc1Br)c1nnc(SCC(=O)N2c3ccccc3Sc3ccccc32)n1C. The highest BCUT2D eigenvalue weighted by molar-refractivity contribution is 9.10. The number of halogens is 1. The van der Waals surface area contributed by atoms with Crippen LogP contribution in [-0.2, 0) is 11.8 Å². The van der Waals surface area contributed by atoms with E-state index in [4.69, 9.17) is 0 Å². The van der Waals surface area contributed by atoms with Crippen molar-refractivity contribution in [3.05, 3.63) is 88.7 Å². The fourth-order valence-electron chi connectivity index (χ4n) is 3.98. The molecule has 0 fully saturated rings. The first-order chi connectivity index (χ1) is 17.4. The van der Waals surface area contributed by atoms with Gasteiger partial charge >= 0.3 is 0 Å². The Morgan fingerprint density at radius 1 is 0.972 bits per heavy atom. The number of hydrogen-bond acceptors (Lipinski definition) is 6. The molecule has 0 saturated heterocycles. The number of nitrogens with one attached hydrogen (secondary N) is 1. The van der Waals surface area contributed by atoms with Gasteiger partial charge in [0.05, 0.1) is 28.7 Å². The Bertz CT molecular complexity index is 1410. The first-order valence-corrected chi connectivity index (χ1v) is 13.8. The Hall–Kier alpha value is -3.08. The van der Waals surface area contributed by atoms with Gasteiger partial charge in [-0.3, -0.25) is 14.5 Å². The molecular weight excluding hydrogens is 558 g/mol. The summed E-state index contributed by atoms with van der Waals surface area (Å²) < 4.78 is 2.54. The zero-order valence-corrected chi connectivity index (χ0v) is 22.7. The molecule has 7 nitrogen and oxygen atoms in total. The van der Waals surface area contributed by atoms with Crippen LogP contribution in [0.5, 0.6) is 0 Å². The highest BCUT2D eigenvalue weighted by atomic mass is 79.9. The zero-order chi connectivity index (χ0) is 25.2. The average Bonchev–Trinajstić information content (AvgIpc) is 3.26. The average molecular weight is 581 g/mol. The van der Waals surface area contributed by atoms with Crippen LogP contribution in [0.4, 0.5) is 11.4 Å². The van der Waals surface area contributed by atoms with Crippen LogP contribution in [0.3, 0.4) is 0 Å². The number of amides is 2. The van der Waals surface area contributed by atoms with Gasteiger partial charge in [0.2, 0.25) is 5.91 Å². The van der Waals surface area contributed by atoms with Crippen molar-refractivity contribution in [3.8, 4) is 0 Å². The van der Waals surface area contributed by atoms with E-state index in [1.165, 1.54) is 11.8 Å². The molecule has 0 spiro atoms. The quantitative estimate of drug-likeness (QED) is 0.282. The summed E-state index contributed by atoms with van der Waals surface area (Å²) in [5.74, 6) is 0.551. The third kappa shape index (κ3) is 4.80. The van der Waals surface area contributed by atoms with Crippen LogP contribution in [0.2, 0.25) is 0 Å². The molecule has 0 radical (unpaired) electrons. The van der Waals surface area contributed by atoms with E-state index >= 15 is 0 Å². The second kappa shape index (κ2) is 10.5. The third-order valence-corrected chi connectivity index (χ3v) is 8.56. The standard InChI is InChI=1S/C26H22BrN5O2S2/c1-16(28-25(34)17-9-3-4-10-18(17)27)24-29-30-26(31(24)2)35-15-23(33)32-19-11-5-7-13-21(19)36-22-14-8-6-12-20(22)32/h3-14,16H,15H2,1-2H3,(H,28,34)/t16-/m0/s1. The monoisotopic (exact) mass is 579 g/mol. The van der Waals surface area contributed by atoms with Crippen LogP contribution in [-0.4, -0.2) is 32.3 Å². The molecule has 10 heteroatoms. The molecule has 36 heavy (non-hydrogen) atoms. The molecule has 1 atom stereocenters. The molecule has 1 aliphatic rings. The van der Waals surface area contributed by atoms with Crippen molar-refractivity contribution < 1.29 is 9.59 Å². The number of benzene rings is 3. The maximum Gasteiger partial charge on any atom is 0.253 e. The van der Waals surface area contributed by atoms with E-state index in [1.54, 1.807) is 22.7 Å². The van der Waals surface area contributed by atoms with Gasteiger partial charge in [-0.15, -0.1) is 10.2 Å². The second-order valence-electron chi connectivity index (χ2n) is 8.13. The van der Waals surface area contributed by atoms with Crippen molar-refractivity contribution in [2.75, 3.05) is 10.7 Å². The van der Waals surface area contributed by atoms with E-state index in [9.17, 15) is 9.59 Å². The molecule has 0 aliphatic carbocycles. The van der Waals surface area contributed by atoms with E-state index in [0.29, 0.717) is 16.5 Å². The molecule has 5 rings (SSSR count). The summed E-state index contributed by atoms with van der Waals surface area (Å²) in [6.07, 6.45) is 0. The smallest absolute Gasteiger partial charge is 0.253 e. The minimum Gasteiger partial charge on any atom is -0.342 e. The number of anilines is 2. The first kappa shape index (κ1) is 24.6. The summed E-state index contributed by atoms with van der Waals surface area (Å²) in [7, 11) is 1.84. The molecule has 3 aromatic carbocycles. The topological polar surface area (TPSA) is 80.1 Å². The lowest BCUT2D eigenvalue weighted by Crippen LogP contribution is -2.30. The summed E-state index contributed by atoms with van der Waals surface area (Å²) in [5.41, 5.74) is 2.31. The maximum atomic E-state index is 13.5. The van der Waals surface area contributed by atoms with Gasteiger partial charge in [0, 0.05) is 21.3 Å². The van der Waals surface area contributed by atoms with Crippen LogP contribution in [0.25, 0.3) is 0 Å². The van der Waals surface area contributed by atoms with Crippen LogP contribution in [0.15, 0.2) is 92.2 Å². The molecule has 0 saturated carbocycles. The van der Waals surface area contributed by atoms with E-state index in [0.717, 1.165) is 25.6 Å².